The average Bonchev–Trinajstić information content (AvgIpc) is 2.81. The lowest BCUT2D eigenvalue weighted by Crippen LogP contribution is -2.72. The maximum absolute atomic E-state index is 10.3. The molecule has 2 aromatic heterocycles. The molecule has 176 valence electrons. The zero-order valence-corrected chi connectivity index (χ0v) is 18.9. The predicted molar refractivity (Wildman–Crippen MR) is 129 cm³/mol. The van der Waals surface area contributed by atoms with Crippen molar-refractivity contribution < 1.29 is 14.6 Å². The summed E-state index contributed by atoms with van der Waals surface area (Å²) >= 11 is 0. The summed E-state index contributed by atoms with van der Waals surface area (Å²) in [5.74, 6) is 1.23. The molecule has 4 heterocycles. The van der Waals surface area contributed by atoms with Crippen molar-refractivity contribution >= 4 is 17.2 Å². The Balaban J connectivity index is 1.26. The van der Waals surface area contributed by atoms with E-state index in [1.165, 1.54) is 6.42 Å². The van der Waals surface area contributed by atoms with E-state index in [9.17, 15) is 5.11 Å². The van der Waals surface area contributed by atoms with Gasteiger partial charge in [-0.05, 0) is 43.5 Å². The van der Waals surface area contributed by atoms with Crippen LogP contribution < -0.4 is 20.3 Å². The van der Waals surface area contributed by atoms with Crippen LogP contribution in [-0.2, 0) is 4.74 Å². The number of aromatic hydroxyl groups is 1. The molecule has 1 aromatic carbocycles. The highest BCUT2D eigenvalue weighted by molar-refractivity contribution is 5.74. The molecule has 9 heteroatoms. The summed E-state index contributed by atoms with van der Waals surface area (Å²) in [6.07, 6.45) is 5.55. The molecule has 2 saturated heterocycles. The van der Waals surface area contributed by atoms with E-state index < -0.39 is 0 Å². The maximum Gasteiger partial charge on any atom is 0.215 e. The summed E-state index contributed by atoms with van der Waals surface area (Å²) < 4.78 is 11.7. The molecule has 2 aliphatic heterocycles. The number of anilines is 3. The summed E-state index contributed by atoms with van der Waals surface area (Å²) in [6, 6.07) is 13.1. The third kappa shape index (κ3) is 3.66. The Bertz CT molecular complexity index is 1200. The Morgan fingerprint density at radius 1 is 1.09 bits per heavy atom. The highest BCUT2D eigenvalue weighted by Crippen LogP contribution is 2.39. The zero-order valence-electron chi connectivity index (χ0n) is 18.9. The van der Waals surface area contributed by atoms with Gasteiger partial charge in [-0.2, -0.15) is 0 Å². The van der Waals surface area contributed by atoms with Crippen molar-refractivity contribution in [2.75, 3.05) is 48.4 Å². The van der Waals surface area contributed by atoms with Gasteiger partial charge in [0, 0.05) is 43.1 Å². The third-order valence-electron chi connectivity index (χ3n) is 7.08. The van der Waals surface area contributed by atoms with Crippen LogP contribution in [0.4, 0.5) is 17.2 Å². The molecule has 1 aliphatic carbocycles. The van der Waals surface area contributed by atoms with E-state index in [1.54, 1.807) is 12.1 Å². The number of pyridine rings is 1. The summed E-state index contributed by atoms with van der Waals surface area (Å²) in [7, 11) is 0. The van der Waals surface area contributed by atoms with Crippen LogP contribution in [0.15, 0.2) is 48.7 Å². The second kappa shape index (κ2) is 8.32. The molecule has 3 aliphatic rings. The Morgan fingerprint density at radius 2 is 1.94 bits per heavy atom. The molecule has 0 bridgehead atoms. The molecule has 0 radical (unpaired) electrons. The van der Waals surface area contributed by atoms with Gasteiger partial charge in [-0.1, -0.05) is 12.1 Å². The first kappa shape index (κ1) is 21.0. The van der Waals surface area contributed by atoms with E-state index in [0.29, 0.717) is 42.3 Å². The number of benzene rings is 1. The molecule has 3 aromatic rings. The van der Waals surface area contributed by atoms with E-state index in [2.05, 4.69) is 25.0 Å². The minimum absolute atomic E-state index is 0.166. The van der Waals surface area contributed by atoms with Gasteiger partial charge in [-0.25, -0.2) is 4.98 Å². The first-order valence-corrected chi connectivity index (χ1v) is 11.8. The van der Waals surface area contributed by atoms with E-state index in [4.69, 9.17) is 15.2 Å². The van der Waals surface area contributed by atoms with Gasteiger partial charge in [0.2, 0.25) is 5.88 Å². The van der Waals surface area contributed by atoms with Crippen LogP contribution in [0.25, 0.3) is 11.3 Å². The first-order valence-electron chi connectivity index (χ1n) is 11.8. The fourth-order valence-electron chi connectivity index (χ4n) is 4.93. The summed E-state index contributed by atoms with van der Waals surface area (Å²) in [5.41, 5.74) is 9.25. The lowest BCUT2D eigenvalue weighted by Gasteiger charge is -2.56. The number of rotatable bonds is 5. The van der Waals surface area contributed by atoms with Crippen LogP contribution in [0, 0.1) is 0 Å². The molecule has 1 saturated carbocycles. The van der Waals surface area contributed by atoms with Gasteiger partial charge >= 0.3 is 0 Å². The monoisotopic (exact) mass is 460 g/mol. The van der Waals surface area contributed by atoms with E-state index >= 15 is 0 Å². The number of piperazine rings is 1. The Labute approximate surface area is 198 Å². The number of para-hydroxylation sites is 1. The van der Waals surface area contributed by atoms with Crippen molar-refractivity contribution in [3.63, 3.8) is 0 Å². The number of hydrogen-bond donors (Lipinski definition) is 2. The maximum atomic E-state index is 10.3. The van der Waals surface area contributed by atoms with Crippen molar-refractivity contribution in [3.05, 3.63) is 48.7 Å². The minimum atomic E-state index is -0.169. The molecule has 0 amide bonds. The molecular formula is C25H28N6O3. The molecule has 3 N–H and O–H groups in total. The highest BCUT2D eigenvalue weighted by Gasteiger charge is 2.48. The van der Waals surface area contributed by atoms with Crippen LogP contribution in [0.2, 0.25) is 0 Å². The van der Waals surface area contributed by atoms with Gasteiger partial charge in [0.15, 0.2) is 5.82 Å². The molecule has 1 spiro atoms. The van der Waals surface area contributed by atoms with Crippen LogP contribution in [-0.4, -0.2) is 64.8 Å². The highest BCUT2D eigenvalue weighted by atomic mass is 16.5. The first-order chi connectivity index (χ1) is 16.6. The fraction of sp³-hybridized carbons (Fsp3) is 0.400. The number of aromatic nitrogens is 3. The standard InChI is InChI=1S/C25H28N6O3/c26-24-21(13-20(28-29-24)19-6-1-2-7-22(19)32)30-10-11-31(25(14-30)15-33-16-25)17-8-9-27-23(12-17)34-18-4-3-5-18/h1-2,6-9,12-13,18,32H,3-5,10-11,14-16H2,(H2,26,29). The van der Waals surface area contributed by atoms with Gasteiger partial charge in [0.05, 0.1) is 24.6 Å². The van der Waals surface area contributed by atoms with Crippen molar-refractivity contribution in [2.45, 2.75) is 30.9 Å². The Hall–Kier alpha value is -3.59. The van der Waals surface area contributed by atoms with Crippen molar-refractivity contribution in [1.82, 2.24) is 15.2 Å². The van der Waals surface area contributed by atoms with Gasteiger partial charge < -0.3 is 30.1 Å². The minimum Gasteiger partial charge on any atom is -0.507 e. The number of phenols is 1. The Morgan fingerprint density at radius 3 is 2.68 bits per heavy atom. The number of nitrogens with zero attached hydrogens (tertiary/aromatic N) is 5. The molecule has 0 unspecified atom stereocenters. The van der Waals surface area contributed by atoms with E-state index in [0.717, 1.165) is 43.9 Å². The number of phenolic OH excluding ortho intramolecular Hbond substituents is 1. The summed E-state index contributed by atoms with van der Waals surface area (Å²) in [6.45, 7) is 3.57. The second-order valence-electron chi connectivity index (χ2n) is 9.33. The van der Waals surface area contributed by atoms with Gasteiger partial charge in [0.25, 0.3) is 0 Å². The largest absolute Gasteiger partial charge is 0.507 e. The van der Waals surface area contributed by atoms with Gasteiger partial charge in [-0.3, -0.25) is 0 Å². The zero-order chi connectivity index (χ0) is 23.1. The SMILES string of the molecule is Nc1nnc(-c2ccccc2O)cc1N1CCN(c2ccnc(OC3CCC3)c2)C2(COC2)C1. The van der Waals surface area contributed by atoms with Gasteiger partial charge in [-0.15, -0.1) is 10.2 Å². The van der Waals surface area contributed by atoms with E-state index in [1.807, 2.05) is 36.5 Å². The third-order valence-corrected chi connectivity index (χ3v) is 7.08. The van der Waals surface area contributed by atoms with E-state index in [-0.39, 0.29) is 11.3 Å². The molecule has 0 atom stereocenters. The molecule has 34 heavy (non-hydrogen) atoms. The number of nitrogen functional groups attached to an aromatic ring is 1. The van der Waals surface area contributed by atoms with Crippen LogP contribution in [0.1, 0.15) is 19.3 Å². The van der Waals surface area contributed by atoms with Crippen LogP contribution in [0.5, 0.6) is 11.6 Å². The average molecular weight is 461 g/mol. The van der Waals surface area contributed by atoms with Crippen molar-refractivity contribution in [2.24, 2.45) is 0 Å². The van der Waals surface area contributed by atoms with Crippen LogP contribution in [0.3, 0.4) is 0 Å². The Kier molecular flexibility index (Phi) is 5.13. The number of hydrogen-bond acceptors (Lipinski definition) is 9. The fourth-order valence-corrected chi connectivity index (χ4v) is 4.93. The lowest BCUT2D eigenvalue weighted by atomic mass is 9.90. The molecular weight excluding hydrogens is 432 g/mol. The summed E-state index contributed by atoms with van der Waals surface area (Å²) in [4.78, 5) is 9.09. The smallest absolute Gasteiger partial charge is 0.215 e. The predicted octanol–water partition coefficient (Wildman–Crippen LogP) is 2.85. The quantitative estimate of drug-likeness (QED) is 0.594. The second-order valence-corrected chi connectivity index (χ2v) is 9.33. The lowest BCUT2D eigenvalue weighted by molar-refractivity contribution is -0.0574. The van der Waals surface area contributed by atoms with Crippen LogP contribution >= 0.6 is 0 Å². The molecule has 6 rings (SSSR count). The van der Waals surface area contributed by atoms with Crippen molar-refractivity contribution in [1.29, 1.82) is 0 Å². The topological polar surface area (TPSA) is 110 Å². The molecule has 9 nitrogen and oxygen atoms in total. The van der Waals surface area contributed by atoms with Gasteiger partial charge in [0.1, 0.15) is 17.4 Å². The van der Waals surface area contributed by atoms with Crippen molar-refractivity contribution in [3.8, 4) is 22.9 Å². The normalized spacial score (nSPS) is 19.5. The summed E-state index contributed by atoms with van der Waals surface area (Å²) in [5, 5.41) is 18.7. The number of nitrogens with two attached hydrogens (primary N) is 1. The number of ether oxygens (including phenoxy) is 2. The molecule has 3 fully saturated rings.